The van der Waals surface area contributed by atoms with Gasteiger partial charge < -0.3 is 5.32 Å². The number of rotatable bonds is 7. The molecule has 1 heterocycles. The Balaban J connectivity index is 1.59. The normalized spacial score (nSPS) is 11.4. The lowest BCUT2D eigenvalue weighted by Gasteiger charge is -2.06. The fourth-order valence-electron chi connectivity index (χ4n) is 2.52. The maximum absolute atomic E-state index is 12.4. The van der Waals surface area contributed by atoms with Gasteiger partial charge in [-0.25, -0.2) is 18.1 Å². The van der Waals surface area contributed by atoms with Crippen LogP contribution < -0.4 is 10.0 Å². The standard InChI is InChI=1S/C20H21N3O3S2/c1-14-3-9-17(10-4-14)20-23-18(12-27-20)19(24)22-11-15-5-7-16(8-6-15)13-28(25,26)21-2/h3-10,12,21H,11,13H2,1-2H3,(H,22,24). The average Bonchev–Trinajstić information content (AvgIpc) is 3.18. The van der Waals surface area contributed by atoms with Crippen LogP contribution in [0.2, 0.25) is 0 Å². The van der Waals surface area contributed by atoms with Gasteiger partial charge in [0.25, 0.3) is 5.91 Å². The van der Waals surface area contributed by atoms with Gasteiger partial charge in [-0.1, -0.05) is 54.1 Å². The molecule has 2 aromatic carbocycles. The molecule has 0 radical (unpaired) electrons. The molecular weight excluding hydrogens is 394 g/mol. The van der Waals surface area contributed by atoms with Crippen molar-refractivity contribution in [2.75, 3.05) is 7.05 Å². The van der Waals surface area contributed by atoms with Crippen LogP contribution >= 0.6 is 11.3 Å². The number of hydrogen-bond donors (Lipinski definition) is 2. The molecule has 0 spiro atoms. The molecule has 0 aliphatic carbocycles. The second-order valence-corrected chi connectivity index (χ2v) is 9.15. The van der Waals surface area contributed by atoms with Gasteiger partial charge in [-0.15, -0.1) is 11.3 Å². The van der Waals surface area contributed by atoms with E-state index in [0.29, 0.717) is 17.8 Å². The second-order valence-electron chi connectivity index (χ2n) is 6.37. The van der Waals surface area contributed by atoms with Gasteiger partial charge in [0.15, 0.2) is 0 Å². The predicted octanol–water partition coefficient (Wildman–Crippen LogP) is 3.10. The third-order valence-corrected chi connectivity index (χ3v) is 6.41. The number of aromatic nitrogens is 1. The number of carbonyl (C=O) groups excluding carboxylic acids is 1. The second kappa shape index (κ2) is 8.64. The van der Waals surface area contributed by atoms with E-state index in [9.17, 15) is 13.2 Å². The summed E-state index contributed by atoms with van der Waals surface area (Å²) in [6.45, 7) is 2.37. The van der Waals surface area contributed by atoms with Crippen molar-refractivity contribution in [3.8, 4) is 10.6 Å². The van der Waals surface area contributed by atoms with Gasteiger partial charge in [0.05, 0.1) is 5.75 Å². The van der Waals surface area contributed by atoms with E-state index in [0.717, 1.165) is 16.1 Å². The number of sulfonamides is 1. The quantitative estimate of drug-likeness (QED) is 0.621. The van der Waals surface area contributed by atoms with Crippen molar-refractivity contribution >= 4 is 27.3 Å². The highest BCUT2D eigenvalue weighted by atomic mass is 32.2. The minimum Gasteiger partial charge on any atom is -0.347 e. The Bertz CT molecular complexity index is 1060. The number of benzene rings is 2. The Labute approximate surface area is 168 Å². The summed E-state index contributed by atoms with van der Waals surface area (Å²) in [5.74, 6) is -0.312. The fraction of sp³-hybridized carbons (Fsp3) is 0.200. The number of nitrogens with zero attached hydrogens (tertiary/aromatic N) is 1. The zero-order valence-corrected chi connectivity index (χ0v) is 17.2. The summed E-state index contributed by atoms with van der Waals surface area (Å²) in [5.41, 5.74) is 4.12. The van der Waals surface area contributed by atoms with E-state index in [1.807, 2.05) is 31.2 Å². The van der Waals surface area contributed by atoms with Gasteiger partial charge in [-0.05, 0) is 25.1 Å². The van der Waals surface area contributed by atoms with Crippen LogP contribution in [0, 0.1) is 6.92 Å². The van der Waals surface area contributed by atoms with Gasteiger partial charge in [0.2, 0.25) is 10.0 Å². The Kier molecular flexibility index (Phi) is 6.23. The zero-order valence-electron chi connectivity index (χ0n) is 15.6. The number of amides is 1. The first kappa shape index (κ1) is 20.2. The molecule has 1 amide bonds. The molecule has 146 valence electrons. The van der Waals surface area contributed by atoms with E-state index in [1.165, 1.54) is 23.9 Å². The maximum Gasteiger partial charge on any atom is 0.271 e. The van der Waals surface area contributed by atoms with Crippen molar-refractivity contribution in [1.82, 2.24) is 15.0 Å². The lowest BCUT2D eigenvalue weighted by atomic mass is 10.1. The first-order valence-electron chi connectivity index (χ1n) is 8.66. The molecular formula is C20H21N3O3S2. The molecule has 2 N–H and O–H groups in total. The van der Waals surface area contributed by atoms with Crippen LogP contribution in [0.4, 0.5) is 0 Å². The summed E-state index contributed by atoms with van der Waals surface area (Å²) in [7, 11) is -1.91. The summed E-state index contributed by atoms with van der Waals surface area (Å²) in [6.07, 6.45) is 0. The highest BCUT2D eigenvalue weighted by Gasteiger charge is 2.12. The van der Waals surface area contributed by atoms with Crippen LogP contribution in [0.1, 0.15) is 27.2 Å². The largest absolute Gasteiger partial charge is 0.347 e. The third kappa shape index (κ3) is 5.25. The molecule has 0 fully saturated rings. The third-order valence-electron chi connectivity index (χ3n) is 4.18. The number of aryl methyl sites for hydroxylation is 1. The molecule has 6 nitrogen and oxygen atoms in total. The molecule has 0 saturated carbocycles. The molecule has 0 saturated heterocycles. The van der Waals surface area contributed by atoms with Gasteiger partial charge in [0.1, 0.15) is 10.7 Å². The minimum absolute atomic E-state index is 0.0727. The van der Waals surface area contributed by atoms with Crippen molar-refractivity contribution in [3.63, 3.8) is 0 Å². The van der Waals surface area contributed by atoms with E-state index < -0.39 is 10.0 Å². The van der Waals surface area contributed by atoms with Gasteiger partial charge in [-0.3, -0.25) is 4.79 Å². The first-order valence-corrected chi connectivity index (χ1v) is 11.2. The molecule has 0 atom stereocenters. The molecule has 1 aromatic heterocycles. The van der Waals surface area contributed by atoms with E-state index in [2.05, 4.69) is 15.0 Å². The van der Waals surface area contributed by atoms with Crippen molar-refractivity contribution in [2.45, 2.75) is 19.2 Å². The molecule has 3 rings (SSSR count). The highest BCUT2D eigenvalue weighted by Crippen LogP contribution is 2.24. The van der Waals surface area contributed by atoms with E-state index in [-0.39, 0.29) is 11.7 Å². The number of carbonyl (C=O) groups is 1. The van der Waals surface area contributed by atoms with E-state index in [1.54, 1.807) is 29.6 Å². The van der Waals surface area contributed by atoms with E-state index >= 15 is 0 Å². The number of nitrogens with one attached hydrogen (secondary N) is 2. The smallest absolute Gasteiger partial charge is 0.271 e. The Hall–Kier alpha value is -2.55. The molecule has 0 aliphatic rings. The topological polar surface area (TPSA) is 88.2 Å². The lowest BCUT2D eigenvalue weighted by molar-refractivity contribution is 0.0946. The van der Waals surface area contributed by atoms with Gasteiger partial charge in [-0.2, -0.15) is 0 Å². The van der Waals surface area contributed by atoms with Crippen molar-refractivity contribution in [2.24, 2.45) is 0 Å². The fourth-order valence-corrected chi connectivity index (χ4v) is 4.11. The molecule has 8 heteroatoms. The molecule has 0 bridgehead atoms. The van der Waals surface area contributed by atoms with Gasteiger partial charge >= 0.3 is 0 Å². The van der Waals surface area contributed by atoms with Crippen molar-refractivity contribution < 1.29 is 13.2 Å². The molecule has 0 aliphatic heterocycles. The predicted molar refractivity (Wildman–Crippen MR) is 112 cm³/mol. The lowest BCUT2D eigenvalue weighted by Crippen LogP contribution is -2.23. The Morgan fingerprint density at radius 1 is 1.04 bits per heavy atom. The summed E-state index contributed by atoms with van der Waals surface area (Å²) in [4.78, 5) is 16.8. The zero-order chi connectivity index (χ0) is 20.1. The van der Waals surface area contributed by atoms with Crippen LogP contribution in [0.5, 0.6) is 0 Å². The summed E-state index contributed by atoms with van der Waals surface area (Å²) in [5, 5.41) is 5.39. The monoisotopic (exact) mass is 415 g/mol. The number of hydrogen-bond acceptors (Lipinski definition) is 5. The van der Waals surface area contributed by atoms with Crippen molar-refractivity contribution in [3.05, 3.63) is 76.3 Å². The van der Waals surface area contributed by atoms with Crippen LogP contribution in [0.25, 0.3) is 10.6 Å². The average molecular weight is 416 g/mol. The van der Waals surface area contributed by atoms with Gasteiger partial charge in [0, 0.05) is 17.5 Å². The Morgan fingerprint density at radius 3 is 2.32 bits per heavy atom. The van der Waals surface area contributed by atoms with E-state index in [4.69, 9.17) is 0 Å². The van der Waals surface area contributed by atoms with Crippen LogP contribution in [-0.2, 0) is 22.3 Å². The molecule has 0 unspecified atom stereocenters. The minimum atomic E-state index is -3.30. The Morgan fingerprint density at radius 2 is 1.68 bits per heavy atom. The van der Waals surface area contributed by atoms with Crippen LogP contribution in [0.15, 0.2) is 53.9 Å². The van der Waals surface area contributed by atoms with Crippen LogP contribution in [0.3, 0.4) is 0 Å². The summed E-state index contributed by atoms with van der Waals surface area (Å²) >= 11 is 1.43. The first-order chi connectivity index (χ1) is 13.4. The molecule has 28 heavy (non-hydrogen) atoms. The number of thiazole rings is 1. The molecule has 3 aromatic rings. The van der Waals surface area contributed by atoms with Crippen LogP contribution in [-0.4, -0.2) is 26.4 Å². The van der Waals surface area contributed by atoms with Crippen molar-refractivity contribution in [1.29, 1.82) is 0 Å². The highest BCUT2D eigenvalue weighted by molar-refractivity contribution is 7.88. The SMILES string of the molecule is CNS(=O)(=O)Cc1ccc(CNC(=O)c2csc(-c3ccc(C)cc3)n2)cc1. The maximum atomic E-state index is 12.4. The summed E-state index contributed by atoms with van der Waals surface area (Å²) in [6, 6.07) is 15.1. The summed E-state index contributed by atoms with van der Waals surface area (Å²) < 4.78 is 25.4.